The van der Waals surface area contributed by atoms with Gasteiger partial charge in [0.25, 0.3) is 0 Å². The van der Waals surface area contributed by atoms with E-state index in [1.165, 1.54) is 32.4 Å². The summed E-state index contributed by atoms with van der Waals surface area (Å²) >= 11 is 0. The average Bonchev–Trinajstić information content (AvgIpc) is 2.41. The Hall–Kier alpha value is 0.210. The third kappa shape index (κ3) is 1.26. The summed E-state index contributed by atoms with van der Waals surface area (Å²) < 4.78 is 0. The first-order valence-electron chi connectivity index (χ1n) is 4.66. The van der Waals surface area contributed by atoms with Crippen LogP contribution >= 0.6 is 12.4 Å². The first-order chi connectivity index (χ1) is 5.30. The zero-order chi connectivity index (χ0) is 7.90. The van der Waals surface area contributed by atoms with Gasteiger partial charge >= 0.3 is 0 Å². The third-order valence-electron chi connectivity index (χ3n) is 3.27. The summed E-state index contributed by atoms with van der Waals surface area (Å²) in [6.45, 7) is 5.01. The van der Waals surface area contributed by atoms with Crippen LogP contribution in [0.1, 0.15) is 26.2 Å². The topological polar surface area (TPSA) is 23.5 Å². The highest BCUT2D eigenvalue weighted by Crippen LogP contribution is 2.49. The maximum Gasteiger partial charge on any atom is 0.0615 e. The largest absolute Gasteiger partial charge is 0.394 e. The summed E-state index contributed by atoms with van der Waals surface area (Å²) in [5.74, 6) is 0.911. The fourth-order valence-corrected chi connectivity index (χ4v) is 2.74. The molecule has 0 spiro atoms. The lowest BCUT2D eigenvalue weighted by molar-refractivity contribution is 0.0379. The van der Waals surface area contributed by atoms with Gasteiger partial charge in [0.1, 0.15) is 0 Å². The Morgan fingerprint density at radius 3 is 2.67 bits per heavy atom. The molecule has 72 valence electrons. The molecule has 0 radical (unpaired) electrons. The Labute approximate surface area is 80.4 Å². The van der Waals surface area contributed by atoms with Crippen LogP contribution in [0.5, 0.6) is 0 Å². The van der Waals surface area contributed by atoms with Gasteiger partial charge in [0.15, 0.2) is 0 Å². The van der Waals surface area contributed by atoms with Gasteiger partial charge in [-0.3, -0.25) is 4.90 Å². The molecule has 1 saturated carbocycles. The van der Waals surface area contributed by atoms with E-state index in [4.69, 9.17) is 0 Å². The molecule has 0 aromatic carbocycles. The number of aliphatic hydroxyl groups is 1. The van der Waals surface area contributed by atoms with Gasteiger partial charge in [-0.05, 0) is 31.7 Å². The summed E-state index contributed by atoms with van der Waals surface area (Å²) in [6.07, 6.45) is 3.72. The minimum absolute atomic E-state index is 0. The van der Waals surface area contributed by atoms with Gasteiger partial charge in [-0.2, -0.15) is 0 Å². The maximum atomic E-state index is 9.22. The molecular formula is C9H18ClNO. The molecule has 0 amide bonds. The van der Waals surface area contributed by atoms with Crippen LogP contribution in [0.3, 0.4) is 0 Å². The highest BCUT2D eigenvalue weighted by Gasteiger charge is 2.54. The molecule has 2 aliphatic heterocycles. The highest BCUT2D eigenvalue weighted by atomic mass is 35.5. The number of aliphatic hydroxyl groups excluding tert-OH is 1. The average molecular weight is 192 g/mol. The van der Waals surface area contributed by atoms with Crippen LogP contribution in [0, 0.1) is 5.92 Å². The zero-order valence-corrected chi connectivity index (χ0v) is 8.44. The zero-order valence-electron chi connectivity index (χ0n) is 7.62. The number of fused-ring (bicyclic) bond motifs is 1. The summed E-state index contributed by atoms with van der Waals surface area (Å²) in [4.78, 5) is 2.48. The Morgan fingerprint density at radius 1 is 1.50 bits per heavy atom. The van der Waals surface area contributed by atoms with Crippen molar-refractivity contribution in [2.75, 3.05) is 19.7 Å². The SMILES string of the molecule is CCCN1CC2CC1(CO)C2.Cl. The number of rotatable bonds is 3. The number of hydrogen-bond donors (Lipinski definition) is 1. The highest BCUT2D eigenvalue weighted by molar-refractivity contribution is 5.85. The van der Waals surface area contributed by atoms with Gasteiger partial charge in [0.2, 0.25) is 0 Å². The van der Waals surface area contributed by atoms with Crippen molar-refractivity contribution < 1.29 is 5.11 Å². The first kappa shape index (κ1) is 10.3. The quantitative estimate of drug-likeness (QED) is 0.727. The molecular weight excluding hydrogens is 174 g/mol. The summed E-state index contributed by atoms with van der Waals surface area (Å²) in [6, 6.07) is 0. The third-order valence-corrected chi connectivity index (χ3v) is 3.27. The van der Waals surface area contributed by atoms with Gasteiger partial charge < -0.3 is 5.11 Å². The lowest BCUT2D eigenvalue weighted by Gasteiger charge is -2.40. The van der Waals surface area contributed by atoms with Gasteiger partial charge in [-0.25, -0.2) is 0 Å². The molecule has 3 heteroatoms. The Bertz CT molecular complexity index is 157. The maximum absolute atomic E-state index is 9.22. The smallest absolute Gasteiger partial charge is 0.0615 e. The summed E-state index contributed by atoms with van der Waals surface area (Å²) in [5.41, 5.74) is 0.237. The van der Waals surface area contributed by atoms with Crippen molar-refractivity contribution >= 4 is 12.4 Å². The Morgan fingerprint density at radius 2 is 2.17 bits per heavy atom. The molecule has 2 bridgehead atoms. The molecule has 0 unspecified atom stereocenters. The van der Waals surface area contributed by atoms with Crippen LogP contribution in [0.25, 0.3) is 0 Å². The van der Waals surface area contributed by atoms with Crippen LogP contribution in [-0.4, -0.2) is 35.2 Å². The lowest BCUT2D eigenvalue weighted by Crippen LogP contribution is -2.49. The van der Waals surface area contributed by atoms with Crippen molar-refractivity contribution in [1.82, 2.24) is 4.90 Å². The monoisotopic (exact) mass is 191 g/mol. The molecule has 1 aliphatic carbocycles. The standard InChI is InChI=1S/C9H17NO.ClH/c1-2-3-10-6-8-4-9(10,5-8)7-11;/h8,11H,2-7H2,1H3;1H. The van der Waals surface area contributed by atoms with Gasteiger partial charge in [0.05, 0.1) is 6.61 Å². The van der Waals surface area contributed by atoms with Crippen molar-refractivity contribution in [3.05, 3.63) is 0 Å². The van der Waals surface area contributed by atoms with Crippen LogP contribution in [-0.2, 0) is 0 Å². The van der Waals surface area contributed by atoms with E-state index in [9.17, 15) is 5.11 Å². The molecule has 0 atom stereocenters. The van der Waals surface area contributed by atoms with E-state index in [0.717, 1.165) is 5.92 Å². The fourth-order valence-electron chi connectivity index (χ4n) is 2.74. The Balaban J connectivity index is 0.000000720. The molecule has 0 aromatic heterocycles. The van der Waals surface area contributed by atoms with E-state index in [-0.39, 0.29) is 17.9 Å². The normalized spacial score (nSPS) is 39.0. The van der Waals surface area contributed by atoms with Crippen LogP contribution < -0.4 is 0 Å². The minimum atomic E-state index is 0. The molecule has 2 nitrogen and oxygen atoms in total. The molecule has 12 heavy (non-hydrogen) atoms. The number of halogens is 1. The molecule has 2 heterocycles. The fraction of sp³-hybridized carbons (Fsp3) is 1.00. The van der Waals surface area contributed by atoms with Crippen LogP contribution in [0.2, 0.25) is 0 Å². The van der Waals surface area contributed by atoms with Gasteiger partial charge in [-0.15, -0.1) is 12.4 Å². The van der Waals surface area contributed by atoms with E-state index in [0.29, 0.717) is 6.61 Å². The second-order valence-corrected chi connectivity index (χ2v) is 4.10. The lowest BCUT2D eigenvalue weighted by atomic mass is 9.74. The van der Waals surface area contributed by atoms with Crippen molar-refractivity contribution in [3.63, 3.8) is 0 Å². The van der Waals surface area contributed by atoms with Gasteiger partial charge in [0, 0.05) is 12.1 Å². The van der Waals surface area contributed by atoms with Crippen molar-refractivity contribution in [2.24, 2.45) is 5.92 Å². The van der Waals surface area contributed by atoms with Crippen LogP contribution in [0.4, 0.5) is 0 Å². The predicted molar refractivity (Wildman–Crippen MR) is 51.7 cm³/mol. The molecule has 1 N–H and O–H groups in total. The molecule has 3 rings (SSSR count). The number of nitrogens with zero attached hydrogens (tertiary/aromatic N) is 1. The van der Waals surface area contributed by atoms with E-state index in [1.54, 1.807) is 0 Å². The minimum Gasteiger partial charge on any atom is -0.394 e. The van der Waals surface area contributed by atoms with E-state index >= 15 is 0 Å². The molecule has 2 saturated heterocycles. The van der Waals surface area contributed by atoms with Crippen molar-refractivity contribution in [3.8, 4) is 0 Å². The molecule has 0 aromatic rings. The number of hydrogen-bond acceptors (Lipinski definition) is 2. The molecule has 3 fully saturated rings. The molecule has 3 aliphatic rings. The van der Waals surface area contributed by atoms with Gasteiger partial charge in [-0.1, -0.05) is 6.92 Å². The van der Waals surface area contributed by atoms with E-state index < -0.39 is 0 Å². The second-order valence-electron chi connectivity index (χ2n) is 4.10. The second kappa shape index (κ2) is 3.52. The van der Waals surface area contributed by atoms with E-state index in [1.807, 2.05) is 0 Å². The Kier molecular flexibility index (Phi) is 3.02. The summed E-state index contributed by atoms with van der Waals surface area (Å²) in [5, 5.41) is 9.22. The van der Waals surface area contributed by atoms with E-state index in [2.05, 4.69) is 11.8 Å². The van der Waals surface area contributed by atoms with Crippen LogP contribution in [0.15, 0.2) is 0 Å². The predicted octanol–water partition coefficient (Wildman–Crippen LogP) is 1.27. The summed E-state index contributed by atoms with van der Waals surface area (Å²) in [7, 11) is 0. The first-order valence-corrected chi connectivity index (χ1v) is 4.66. The van der Waals surface area contributed by atoms with Crippen molar-refractivity contribution in [2.45, 2.75) is 31.7 Å². The van der Waals surface area contributed by atoms with Crippen molar-refractivity contribution in [1.29, 1.82) is 0 Å².